The zero-order valence-corrected chi connectivity index (χ0v) is 17.0. The zero-order chi connectivity index (χ0) is 19.7. The smallest absolute Gasteiger partial charge is 0.335 e. The van der Waals surface area contributed by atoms with Gasteiger partial charge in [-0.2, -0.15) is 0 Å². The number of carboxylic acids is 1. The van der Waals surface area contributed by atoms with E-state index < -0.39 is 5.97 Å². The summed E-state index contributed by atoms with van der Waals surface area (Å²) in [5.74, 6) is -0.986. The Morgan fingerprint density at radius 3 is 2.52 bits per heavy atom. The molecule has 1 fully saturated rings. The highest BCUT2D eigenvalue weighted by Gasteiger charge is 2.31. The molecule has 0 spiro atoms. The number of thioether (sulfide) groups is 1. The molecule has 27 heavy (non-hydrogen) atoms. The van der Waals surface area contributed by atoms with Crippen molar-refractivity contribution in [3.8, 4) is 5.69 Å². The Morgan fingerprint density at radius 1 is 1.26 bits per heavy atom. The lowest BCUT2D eigenvalue weighted by atomic mass is 10.2. The molecule has 0 unspecified atom stereocenters. The van der Waals surface area contributed by atoms with E-state index in [9.17, 15) is 9.59 Å². The van der Waals surface area contributed by atoms with E-state index in [4.69, 9.17) is 17.3 Å². The molecule has 2 heterocycles. The highest BCUT2D eigenvalue weighted by molar-refractivity contribution is 8.26. The van der Waals surface area contributed by atoms with Crippen LogP contribution in [0.1, 0.15) is 40.7 Å². The van der Waals surface area contributed by atoms with Crippen molar-refractivity contribution in [1.82, 2.24) is 9.47 Å². The van der Waals surface area contributed by atoms with Crippen molar-refractivity contribution in [2.24, 2.45) is 0 Å². The van der Waals surface area contributed by atoms with E-state index in [2.05, 4.69) is 0 Å². The predicted molar refractivity (Wildman–Crippen MR) is 112 cm³/mol. The lowest BCUT2D eigenvalue weighted by Gasteiger charge is -2.12. The molecule has 2 aromatic rings. The number of amides is 1. The van der Waals surface area contributed by atoms with Crippen molar-refractivity contribution >= 4 is 46.3 Å². The Bertz CT molecular complexity index is 958. The molecule has 1 aromatic carbocycles. The van der Waals surface area contributed by atoms with E-state index in [1.165, 1.54) is 11.8 Å². The number of aryl methyl sites for hydroxylation is 1. The second-order valence-corrected chi connectivity index (χ2v) is 8.02. The molecule has 0 atom stereocenters. The van der Waals surface area contributed by atoms with Gasteiger partial charge in [0, 0.05) is 23.6 Å². The van der Waals surface area contributed by atoms with Gasteiger partial charge in [-0.05, 0) is 62.2 Å². The van der Waals surface area contributed by atoms with Crippen LogP contribution < -0.4 is 0 Å². The van der Waals surface area contributed by atoms with Gasteiger partial charge in [0.2, 0.25) is 0 Å². The Hall–Kier alpha value is -2.38. The van der Waals surface area contributed by atoms with Crippen LogP contribution in [0.4, 0.5) is 0 Å². The van der Waals surface area contributed by atoms with Gasteiger partial charge in [0.05, 0.1) is 10.5 Å². The fourth-order valence-corrected chi connectivity index (χ4v) is 4.44. The third-order valence-electron chi connectivity index (χ3n) is 4.45. The number of aromatic carboxylic acids is 1. The average molecular weight is 401 g/mol. The first-order valence-corrected chi connectivity index (χ1v) is 9.84. The van der Waals surface area contributed by atoms with Gasteiger partial charge in [-0.3, -0.25) is 9.69 Å². The fraction of sp³-hybridized carbons (Fsp3) is 0.250. The van der Waals surface area contributed by atoms with Crippen LogP contribution in [0.2, 0.25) is 0 Å². The fourth-order valence-electron chi connectivity index (χ4n) is 3.14. The molecule has 1 amide bonds. The van der Waals surface area contributed by atoms with Crippen molar-refractivity contribution in [1.29, 1.82) is 0 Å². The van der Waals surface area contributed by atoms with Gasteiger partial charge in [0.15, 0.2) is 0 Å². The van der Waals surface area contributed by atoms with Crippen LogP contribution in [0.15, 0.2) is 35.2 Å². The largest absolute Gasteiger partial charge is 0.478 e. The summed E-state index contributed by atoms with van der Waals surface area (Å²) in [6.45, 7) is 6.62. The average Bonchev–Trinajstić information content (AvgIpc) is 3.05. The van der Waals surface area contributed by atoms with Crippen LogP contribution in [-0.2, 0) is 4.79 Å². The Balaban J connectivity index is 1.96. The van der Waals surface area contributed by atoms with E-state index >= 15 is 0 Å². The summed E-state index contributed by atoms with van der Waals surface area (Å²) in [5, 5.41) is 9.06. The molecule has 1 aliphatic heterocycles. The van der Waals surface area contributed by atoms with Crippen molar-refractivity contribution in [2.75, 3.05) is 6.54 Å². The number of benzene rings is 1. The first-order valence-electron chi connectivity index (χ1n) is 8.61. The number of aromatic nitrogens is 1. The van der Waals surface area contributed by atoms with Gasteiger partial charge in [0.1, 0.15) is 4.32 Å². The van der Waals surface area contributed by atoms with Gasteiger partial charge < -0.3 is 9.67 Å². The molecule has 140 valence electrons. The summed E-state index contributed by atoms with van der Waals surface area (Å²) >= 11 is 6.66. The van der Waals surface area contributed by atoms with Crippen molar-refractivity contribution in [3.05, 3.63) is 57.8 Å². The summed E-state index contributed by atoms with van der Waals surface area (Å²) in [6.07, 6.45) is 2.75. The third-order valence-corrected chi connectivity index (χ3v) is 5.83. The maximum Gasteiger partial charge on any atom is 0.335 e. The minimum absolute atomic E-state index is 0.0394. The predicted octanol–water partition coefficient (Wildman–Crippen LogP) is 4.40. The van der Waals surface area contributed by atoms with Crippen LogP contribution in [0, 0.1) is 13.8 Å². The maximum absolute atomic E-state index is 12.6. The molecule has 7 heteroatoms. The molecule has 0 radical (unpaired) electrons. The number of hydrogen-bond acceptors (Lipinski definition) is 4. The third kappa shape index (κ3) is 3.70. The Morgan fingerprint density at radius 2 is 1.93 bits per heavy atom. The molecule has 1 aliphatic rings. The summed E-state index contributed by atoms with van der Waals surface area (Å²) in [6, 6.07) is 8.77. The van der Waals surface area contributed by atoms with Gasteiger partial charge in [0.25, 0.3) is 5.91 Å². The summed E-state index contributed by atoms with van der Waals surface area (Å²) in [5.41, 5.74) is 4.07. The summed E-state index contributed by atoms with van der Waals surface area (Å²) in [7, 11) is 0. The number of hydrogen-bond donors (Lipinski definition) is 1. The van der Waals surface area contributed by atoms with Gasteiger partial charge in [-0.1, -0.05) is 30.9 Å². The Labute approximate surface area is 167 Å². The van der Waals surface area contributed by atoms with E-state index in [1.54, 1.807) is 29.2 Å². The molecule has 1 aromatic heterocycles. The highest BCUT2D eigenvalue weighted by Crippen LogP contribution is 2.34. The number of carbonyl (C=O) groups is 2. The van der Waals surface area contributed by atoms with E-state index in [-0.39, 0.29) is 11.5 Å². The zero-order valence-electron chi connectivity index (χ0n) is 15.4. The maximum atomic E-state index is 12.6. The molecule has 1 saturated heterocycles. The number of carbonyl (C=O) groups excluding carboxylic acids is 1. The monoisotopic (exact) mass is 400 g/mol. The van der Waals surface area contributed by atoms with Crippen molar-refractivity contribution < 1.29 is 14.7 Å². The summed E-state index contributed by atoms with van der Waals surface area (Å²) in [4.78, 5) is 25.9. The quantitative estimate of drug-likeness (QED) is 0.595. The summed E-state index contributed by atoms with van der Waals surface area (Å²) < 4.78 is 2.65. The normalized spacial score (nSPS) is 15.8. The number of rotatable bonds is 5. The lowest BCUT2D eigenvalue weighted by Crippen LogP contribution is -2.28. The molecule has 1 N–H and O–H groups in total. The lowest BCUT2D eigenvalue weighted by molar-refractivity contribution is -0.122. The molecule has 3 rings (SSSR count). The number of carboxylic acid groups (broad SMARTS) is 1. The Kier molecular flexibility index (Phi) is 5.53. The molecule has 0 aliphatic carbocycles. The second-order valence-electron chi connectivity index (χ2n) is 6.35. The van der Waals surface area contributed by atoms with Crippen LogP contribution in [0.25, 0.3) is 11.8 Å². The van der Waals surface area contributed by atoms with E-state index in [1.807, 2.05) is 37.5 Å². The SMILES string of the molecule is CCCN1C(=O)/C(=C/c2cc(C)n(-c3ccc(C(=O)O)cc3)c2C)SC1=S. The first-order chi connectivity index (χ1) is 12.8. The van der Waals surface area contributed by atoms with Crippen LogP contribution in [0.3, 0.4) is 0 Å². The molecular formula is C20H20N2O3S2. The standard InChI is InChI=1S/C20H20N2O3S2/c1-4-9-21-18(23)17(27-20(21)26)11-15-10-12(2)22(13(15)3)16-7-5-14(6-8-16)19(24)25/h5-8,10-11H,4,9H2,1-3H3,(H,24,25)/b17-11-. The van der Waals surface area contributed by atoms with Crippen molar-refractivity contribution in [3.63, 3.8) is 0 Å². The van der Waals surface area contributed by atoms with Crippen LogP contribution >= 0.6 is 24.0 Å². The number of nitrogens with zero attached hydrogens (tertiary/aromatic N) is 2. The van der Waals surface area contributed by atoms with Gasteiger partial charge in [-0.15, -0.1) is 0 Å². The highest BCUT2D eigenvalue weighted by atomic mass is 32.2. The number of thiocarbonyl (C=S) groups is 1. The van der Waals surface area contributed by atoms with E-state index in [0.29, 0.717) is 15.8 Å². The molecule has 0 bridgehead atoms. The molecule has 0 saturated carbocycles. The second kappa shape index (κ2) is 7.70. The van der Waals surface area contributed by atoms with E-state index in [0.717, 1.165) is 29.1 Å². The van der Waals surface area contributed by atoms with Crippen LogP contribution in [-0.4, -0.2) is 37.3 Å². The van der Waals surface area contributed by atoms with Crippen LogP contribution in [0.5, 0.6) is 0 Å². The van der Waals surface area contributed by atoms with Gasteiger partial charge >= 0.3 is 5.97 Å². The first kappa shape index (κ1) is 19.4. The topological polar surface area (TPSA) is 62.5 Å². The van der Waals surface area contributed by atoms with Gasteiger partial charge in [-0.25, -0.2) is 4.79 Å². The minimum atomic E-state index is -0.947. The molecular weight excluding hydrogens is 380 g/mol. The van der Waals surface area contributed by atoms with Crippen molar-refractivity contribution in [2.45, 2.75) is 27.2 Å². The molecule has 5 nitrogen and oxygen atoms in total. The minimum Gasteiger partial charge on any atom is -0.478 e.